The van der Waals surface area contributed by atoms with E-state index in [1.54, 1.807) is 0 Å². The van der Waals surface area contributed by atoms with Crippen molar-refractivity contribution in [2.45, 2.75) is 11.0 Å². The van der Waals surface area contributed by atoms with Crippen molar-refractivity contribution in [2.24, 2.45) is 0 Å². The molecule has 14 heavy (non-hydrogen) atoms. The third-order valence-corrected chi connectivity index (χ3v) is 2.88. The molecule has 0 saturated carbocycles. The van der Waals surface area contributed by atoms with E-state index in [1.807, 2.05) is 0 Å². The SMILES string of the molecule is Fc1cc(C(Br)C(F)(F)F)ccc1Cl. The number of hydrogen-bond donors (Lipinski definition) is 0. The van der Waals surface area contributed by atoms with Crippen molar-refractivity contribution < 1.29 is 17.6 Å². The molecule has 0 saturated heterocycles. The molecule has 0 aliphatic rings. The van der Waals surface area contributed by atoms with Crippen LogP contribution in [-0.4, -0.2) is 6.18 Å². The highest BCUT2D eigenvalue weighted by molar-refractivity contribution is 9.09. The molecule has 0 radical (unpaired) electrons. The molecule has 0 amide bonds. The highest BCUT2D eigenvalue weighted by Crippen LogP contribution is 2.40. The second-order valence-corrected chi connectivity index (χ2v) is 3.90. The van der Waals surface area contributed by atoms with Gasteiger partial charge in [0.25, 0.3) is 0 Å². The number of halogens is 6. The van der Waals surface area contributed by atoms with Gasteiger partial charge in [0.05, 0.1) is 5.02 Å². The Morgan fingerprint density at radius 1 is 1.29 bits per heavy atom. The zero-order valence-electron chi connectivity index (χ0n) is 6.58. The second-order valence-electron chi connectivity index (χ2n) is 2.58. The van der Waals surface area contributed by atoms with Crippen LogP contribution in [0.4, 0.5) is 17.6 Å². The van der Waals surface area contributed by atoms with Crippen molar-refractivity contribution in [1.29, 1.82) is 0 Å². The summed E-state index contributed by atoms with van der Waals surface area (Å²) >= 11 is 7.76. The zero-order chi connectivity index (χ0) is 10.9. The van der Waals surface area contributed by atoms with Crippen LogP contribution in [0.5, 0.6) is 0 Å². The summed E-state index contributed by atoms with van der Waals surface area (Å²) in [6, 6.07) is 2.97. The minimum Gasteiger partial charge on any atom is -0.205 e. The smallest absolute Gasteiger partial charge is 0.205 e. The minimum absolute atomic E-state index is 0.198. The van der Waals surface area contributed by atoms with E-state index in [2.05, 4.69) is 15.9 Å². The first-order valence-electron chi connectivity index (χ1n) is 3.48. The fraction of sp³-hybridized carbons (Fsp3) is 0.250. The molecule has 1 rings (SSSR count). The average Bonchev–Trinajstić information content (AvgIpc) is 2.07. The molecule has 0 fully saturated rings. The van der Waals surface area contributed by atoms with Crippen LogP contribution in [0.25, 0.3) is 0 Å². The van der Waals surface area contributed by atoms with Crippen molar-refractivity contribution >= 4 is 27.5 Å². The van der Waals surface area contributed by atoms with Crippen molar-refractivity contribution in [3.8, 4) is 0 Å². The lowest BCUT2D eigenvalue weighted by Gasteiger charge is -2.14. The number of rotatable bonds is 1. The fourth-order valence-electron chi connectivity index (χ4n) is 0.859. The van der Waals surface area contributed by atoms with Crippen molar-refractivity contribution in [3.63, 3.8) is 0 Å². The maximum absolute atomic E-state index is 12.8. The summed E-state index contributed by atoms with van der Waals surface area (Å²) in [6.07, 6.45) is -4.44. The Hall–Kier alpha value is -0.290. The van der Waals surface area contributed by atoms with Gasteiger partial charge in [-0.15, -0.1) is 0 Å². The summed E-state index contributed by atoms with van der Waals surface area (Å²) in [5.74, 6) is -0.863. The van der Waals surface area contributed by atoms with Crippen LogP contribution in [0, 0.1) is 5.82 Å². The summed E-state index contributed by atoms with van der Waals surface area (Å²) in [4.78, 5) is -1.87. The molecule has 0 aliphatic heterocycles. The van der Waals surface area contributed by atoms with Gasteiger partial charge in [-0.2, -0.15) is 13.2 Å². The van der Waals surface area contributed by atoms with Gasteiger partial charge in [0.2, 0.25) is 0 Å². The number of benzene rings is 1. The van der Waals surface area contributed by atoms with E-state index in [4.69, 9.17) is 11.6 Å². The molecule has 1 aromatic rings. The normalized spacial score (nSPS) is 14.1. The van der Waals surface area contributed by atoms with Crippen LogP contribution in [0.2, 0.25) is 5.02 Å². The van der Waals surface area contributed by atoms with Gasteiger partial charge in [-0.25, -0.2) is 4.39 Å². The van der Waals surface area contributed by atoms with E-state index < -0.39 is 16.8 Å². The Kier molecular flexibility index (Phi) is 3.42. The summed E-state index contributed by atoms with van der Waals surface area (Å²) in [7, 11) is 0. The van der Waals surface area contributed by atoms with Gasteiger partial charge in [0, 0.05) is 0 Å². The van der Waals surface area contributed by atoms with Gasteiger partial charge in [0.1, 0.15) is 10.6 Å². The van der Waals surface area contributed by atoms with Crippen LogP contribution in [-0.2, 0) is 0 Å². The first-order valence-corrected chi connectivity index (χ1v) is 4.77. The van der Waals surface area contributed by atoms with Crippen molar-refractivity contribution in [1.82, 2.24) is 0 Å². The molecule has 0 bridgehead atoms. The van der Waals surface area contributed by atoms with Crippen LogP contribution < -0.4 is 0 Å². The molecule has 1 aromatic carbocycles. The van der Waals surface area contributed by atoms with Crippen molar-refractivity contribution in [2.75, 3.05) is 0 Å². The molecule has 0 N–H and O–H groups in total. The molecule has 0 heterocycles. The minimum atomic E-state index is -4.44. The Balaban J connectivity index is 3.03. The molecule has 6 heteroatoms. The van der Waals surface area contributed by atoms with Crippen LogP contribution in [0.3, 0.4) is 0 Å². The topological polar surface area (TPSA) is 0 Å². The van der Waals surface area contributed by atoms with E-state index in [1.165, 1.54) is 0 Å². The summed E-state index contributed by atoms with van der Waals surface area (Å²) in [5.41, 5.74) is -0.209. The molecule has 78 valence electrons. The summed E-state index contributed by atoms with van der Waals surface area (Å²) in [5, 5.41) is -0.198. The lowest BCUT2D eigenvalue weighted by molar-refractivity contribution is -0.128. The second kappa shape index (κ2) is 4.06. The molecule has 0 spiro atoms. The largest absolute Gasteiger partial charge is 0.405 e. The molecule has 0 aromatic heterocycles. The molecule has 0 aliphatic carbocycles. The van der Waals surface area contributed by atoms with E-state index in [9.17, 15) is 17.6 Å². The third-order valence-electron chi connectivity index (χ3n) is 1.52. The van der Waals surface area contributed by atoms with E-state index in [-0.39, 0.29) is 10.6 Å². The first-order chi connectivity index (χ1) is 6.32. The number of hydrogen-bond acceptors (Lipinski definition) is 0. The first kappa shape index (κ1) is 11.8. The number of alkyl halides is 4. The standard InChI is InChI=1S/C8H4BrClF4/c9-7(8(12,13)14)4-1-2-5(10)6(11)3-4/h1-3,7H. The predicted octanol–water partition coefficient (Wildman–Crippen LogP) is 4.48. The van der Waals surface area contributed by atoms with Gasteiger partial charge in [0.15, 0.2) is 0 Å². The van der Waals surface area contributed by atoms with Crippen molar-refractivity contribution in [3.05, 3.63) is 34.6 Å². The maximum atomic E-state index is 12.8. The molecular weight excluding hydrogens is 287 g/mol. The zero-order valence-corrected chi connectivity index (χ0v) is 8.92. The Morgan fingerprint density at radius 3 is 2.29 bits per heavy atom. The van der Waals surface area contributed by atoms with Gasteiger partial charge in [-0.1, -0.05) is 33.6 Å². The van der Waals surface area contributed by atoms with Gasteiger partial charge >= 0.3 is 6.18 Å². The van der Waals surface area contributed by atoms with Gasteiger partial charge in [-0.05, 0) is 17.7 Å². The average molecular weight is 291 g/mol. The highest BCUT2D eigenvalue weighted by atomic mass is 79.9. The highest BCUT2D eigenvalue weighted by Gasteiger charge is 2.38. The fourth-order valence-corrected chi connectivity index (χ4v) is 1.26. The van der Waals surface area contributed by atoms with Gasteiger partial charge < -0.3 is 0 Å². The molecule has 1 atom stereocenters. The summed E-state index contributed by atoms with van der Waals surface area (Å²) < 4.78 is 49.3. The summed E-state index contributed by atoms with van der Waals surface area (Å²) in [6.45, 7) is 0. The van der Waals surface area contributed by atoms with Crippen LogP contribution in [0.1, 0.15) is 10.4 Å². The Morgan fingerprint density at radius 2 is 1.86 bits per heavy atom. The maximum Gasteiger partial charge on any atom is 0.405 e. The van der Waals surface area contributed by atoms with E-state index in [0.717, 1.165) is 18.2 Å². The molecule has 1 unspecified atom stereocenters. The Bertz CT molecular complexity index is 337. The monoisotopic (exact) mass is 290 g/mol. The Labute approximate surface area is 91.0 Å². The van der Waals surface area contributed by atoms with Crippen LogP contribution in [0.15, 0.2) is 18.2 Å². The molecule has 0 nitrogen and oxygen atoms in total. The lowest BCUT2D eigenvalue weighted by Crippen LogP contribution is -2.15. The van der Waals surface area contributed by atoms with Gasteiger partial charge in [-0.3, -0.25) is 0 Å². The lowest BCUT2D eigenvalue weighted by atomic mass is 10.1. The van der Waals surface area contributed by atoms with E-state index in [0.29, 0.717) is 0 Å². The van der Waals surface area contributed by atoms with Crippen LogP contribution >= 0.6 is 27.5 Å². The quantitative estimate of drug-likeness (QED) is 0.529. The predicted molar refractivity (Wildman–Crippen MR) is 49.1 cm³/mol. The molecular formula is C8H4BrClF4. The van der Waals surface area contributed by atoms with E-state index >= 15 is 0 Å². The third kappa shape index (κ3) is 2.60.